The van der Waals surface area contributed by atoms with Crippen LogP contribution in [0, 0.1) is 6.92 Å². The lowest BCUT2D eigenvalue weighted by molar-refractivity contribution is -0.0506. The molecular weight excluding hydrogens is 374 g/mol. The van der Waals surface area contributed by atoms with Crippen LogP contribution in [0.15, 0.2) is 35.6 Å². The topological polar surface area (TPSA) is 60.0 Å². The van der Waals surface area contributed by atoms with E-state index in [4.69, 9.17) is 0 Å². The van der Waals surface area contributed by atoms with Gasteiger partial charge in [0.05, 0.1) is 11.2 Å². The van der Waals surface area contributed by atoms with E-state index >= 15 is 0 Å². The molecule has 0 amide bonds. The average molecular weight is 387 g/mol. The Morgan fingerprint density at radius 3 is 2.54 bits per heavy atom. The molecule has 0 unspecified atom stereocenters. The third-order valence-electron chi connectivity index (χ3n) is 3.49. The Morgan fingerprint density at radius 1 is 1.08 bits per heavy atom. The fourth-order valence-electron chi connectivity index (χ4n) is 2.31. The molecule has 0 aliphatic carbocycles. The second kappa shape index (κ2) is 7.81. The molecule has 0 aliphatic heterocycles. The summed E-state index contributed by atoms with van der Waals surface area (Å²) in [7, 11) is 0. The van der Waals surface area contributed by atoms with Gasteiger partial charge in [-0.1, -0.05) is 17.8 Å². The molecule has 5 nitrogen and oxygen atoms in total. The SMILES string of the molecule is Cc1c(OC(F)F)ccnc1CSc1nc2c(OC(F)F)cccc2[nH]1. The Morgan fingerprint density at radius 2 is 1.81 bits per heavy atom. The van der Waals surface area contributed by atoms with Gasteiger partial charge < -0.3 is 14.5 Å². The highest BCUT2D eigenvalue weighted by atomic mass is 32.2. The van der Waals surface area contributed by atoms with Crippen LogP contribution in [0.1, 0.15) is 11.3 Å². The Balaban J connectivity index is 1.78. The number of halogens is 4. The van der Waals surface area contributed by atoms with Crippen molar-refractivity contribution in [2.45, 2.75) is 31.1 Å². The molecule has 2 aromatic heterocycles. The molecule has 0 radical (unpaired) electrons. The van der Waals surface area contributed by atoms with Crippen LogP contribution in [0.3, 0.4) is 0 Å². The highest BCUT2D eigenvalue weighted by Crippen LogP contribution is 2.30. The summed E-state index contributed by atoms with van der Waals surface area (Å²) in [6, 6.07) is 6.03. The number of fused-ring (bicyclic) bond motifs is 1. The molecule has 3 rings (SSSR count). The average Bonchev–Trinajstić information content (AvgIpc) is 2.99. The maximum absolute atomic E-state index is 12.5. The van der Waals surface area contributed by atoms with Crippen molar-refractivity contribution in [1.82, 2.24) is 15.0 Å². The molecule has 138 valence electrons. The standard InChI is InChI=1S/C16H13F4N3O2S/c1-8-10(21-6-5-11(8)24-14(17)18)7-26-16-22-9-3-2-4-12(13(9)23-16)25-15(19)20/h2-6,14-15H,7H2,1H3,(H,22,23). The molecule has 2 heterocycles. The van der Waals surface area contributed by atoms with Crippen LogP contribution in [0.5, 0.6) is 11.5 Å². The molecule has 0 aliphatic rings. The minimum atomic E-state index is -2.95. The van der Waals surface area contributed by atoms with E-state index in [1.54, 1.807) is 19.1 Å². The Hall–Kier alpha value is -2.49. The van der Waals surface area contributed by atoms with Gasteiger partial charge in [-0.2, -0.15) is 17.6 Å². The lowest BCUT2D eigenvalue weighted by atomic mass is 10.2. The monoisotopic (exact) mass is 387 g/mol. The highest BCUT2D eigenvalue weighted by Gasteiger charge is 2.14. The highest BCUT2D eigenvalue weighted by molar-refractivity contribution is 7.98. The van der Waals surface area contributed by atoms with Crippen molar-refractivity contribution in [2.75, 3.05) is 0 Å². The minimum absolute atomic E-state index is 0.0257. The van der Waals surface area contributed by atoms with Crippen LogP contribution in [0.4, 0.5) is 17.6 Å². The largest absolute Gasteiger partial charge is 0.434 e. The zero-order valence-corrected chi connectivity index (χ0v) is 14.2. The van der Waals surface area contributed by atoms with Crippen molar-refractivity contribution < 1.29 is 27.0 Å². The first-order valence-electron chi connectivity index (χ1n) is 7.39. The first-order valence-corrected chi connectivity index (χ1v) is 8.38. The Kier molecular flexibility index (Phi) is 5.50. The second-order valence-electron chi connectivity index (χ2n) is 5.12. The van der Waals surface area contributed by atoms with Gasteiger partial charge in [0.25, 0.3) is 0 Å². The number of rotatable bonds is 7. The van der Waals surface area contributed by atoms with Crippen molar-refractivity contribution in [3.05, 3.63) is 41.7 Å². The van der Waals surface area contributed by atoms with E-state index in [9.17, 15) is 17.6 Å². The molecule has 0 fully saturated rings. The summed E-state index contributed by atoms with van der Waals surface area (Å²) in [5, 5.41) is 0.465. The molecule has 0 atom stereocenters. The maximum atomic E-state index is 12.5. The van der Waals surface area contributed by atoms with Gasteiger partial charge in [-0.15, -0.1) is 0 Å². The summed E-state index contributed by atoms with van der Waals surface area (Å²) < 4.78 is 58.6. The first-order chi connectivity index (χ1) is 12.4. The van der Waals surface area contributed by atoms with Crippen LogP contribution < -0.4 is 9.47 Å². The van der Waals surface area contributed by atoms with E-state index in [-0.39, 0.29) is 17.0 Å². The predicted octanol–water partition coefficient (Wildman–Crippen LogP) is 4.76. The number of imidazole rings is 1. The fourth-order valence-corrected chi connectivity index (χ4v) is 3.21. The van der Waals surface area contributed by atoms with Crippen LogP contribution in [0.25, 0.3) is 11.0 Å². The van der Waals surface area contributed by atoms with Crippen molar-refractivity contribution in [3.8, 4) is 11.5 Å². The summed E-state index contributed by atoms with van der Waals surface area (Å²) >= 11 is 1.25. The Bertz CT molecular complexity index is 904. The van der Waals surface area contributed by atoms with Gasteiger partial charge in [0.1, 0.15) is 11.3 Å². The number of hydrogen-bond donors (Lipinski definition) is 1. The number of nitrogens with zero attached hydrogens (tertiary/aromatic N) is 2. The number of thioether (sulfide) groups is 1. The van der Waals surface area contributed by atoms with Crippen LogP contribution >= 0.6 is 11.8 Å². The van der Waals surface area contributed by atoms with Crippen LogP contribution in [-0.4, -0.2) is 28.2 Å². The van der Waals surface area contributed by atoms with Crippen LogP contribution in [-0.2, 0) is 5.75 Å². The number of H-pyrrole nitrogens is 1. The van der Waals surface area contributed by atoms with Gasteiger partial charge in [-0.3, -0.25) is 4.98 Å². The van der Waals surface area contributed by atoms with Gasteiger partial charge >= 0.3 is 13.2 Å². The van der Waals surface area contributed by atoms with E-state index in [2.05, 4.69) is 24.4 Å². The van der Waals surface area contributed by atoms with Crippen molar-refractivity contribution >= 4 is 22.8 Å². The number of aromatic amines is 1. The van der Waals surface area contributed by atoms with E-state index in [0.717, 1.165) is 0 Å². The molecule has 26 heavy (non-hydrogen) atoms. The number of benzene rings is 1. The number of nitrogens with one attached hydrogen (secondary N) is 1. The lowest BCUT2D eigenvalue weighted by Crippen LogP contribution is -2.05. The van der Waals surface area contributed by atoms with Gasteiger partial charge in [-0.05, 0) is 25.1 Å². The van der Waals surface area contributed by atoms with Gasteiger partial charge in [0.15, 0.2) is 10.9 Å². The van der Waals surface area contributed by atoms with E-state index in [1.165, 1.54) is 30.1 Å². The van der Waals surface area contributed by atoms with Crippen molar-refractivity contribution in [1.29, 1.82) is 0 Å². The number of aromatic nitrogens is 3. The van der Waals surface area contributed by atoms with Gasteiger partial charge in [0.2, 0.25) is 0 Å². The molecule has 0 saturated heterocycles. The summed E-state index contributed by atoms with van der Waals surface area (Å²) in [6.45, 7) is -4.23. The zero-order valence-electron chi connectivity index (χ0n) is 13.4. The van der Waals surface area contributed by atoms with Crippen LogP contribution in [0.2, 0.25) is 0 Å². The molecular formula is C16H13F4N3O2S. The molecule has 3 aromatic rings. The van der Waals surface area contributed by atoms with Crippen molar-refractivity contribution in [3.63, 3.8) is 0 Å². The normalized spacial score (nSPS) is 11.5. The van der Waals surface area contributed by atoms with Gasteiger partial charge in [0, 0.05) is 17.5 Å². The molecule has 10 heteroatoms. The van der Waals surface area contributed by atoms with Gasteiger partial charge in [-0.25, -0.2) is 4.98 Å². The second-order valence-corrected chi connectivity index (χ2v) is 6.08. The third-order valence-corrected chi connectivity index (χ3v) is 4.37. The van der Waals surface area contributed by atoms with E-state index < -0.39 is 13.2 Å². The number of ether oxygens (including phenoxy) is 2. The number of para-hydroxylation sites is 1. The molecule has 0 saturated carbocycles. The lowest BCUT2D eigenvalue weighted by Gasteiger charge is -2.10. The quantitative estimate of drug-likeness (QED) is 0.468. The molecule has 1 N–H and O–H groups in total. The van der Waals surface area contributed by atoms with E-state index in [0.29, 0.717) is 27.7 Å². The number of pyridine rings is 1. The third kappa shape index (κ3) is 4.18. The molecule has 0 bridgehead atoms. The Labute approximate surface area is 149 Å². The summed E-state index contributed by atoms with van der Waals surface area (Å²) in [5.74, 6) is 0.363. The zero-order chi connectivity index (χ0) is 18.7. The predicted molar refractivity (Wildman–Crippen MR) is 87.9 cm³/mol. The molecule has 1 aromatic carbocycles. The smallest absolute Gasteiger partial charge is 0.387 e. The number of alkyl halides is 4. The first kappa shape index (κ1) is 18.3. The maximum Gasteiger partial charge on any atom is 0.387 e. The summed E-state index contributed by atoms with van der Waals surface area (Å²) in [5.41, 5.74) is 1.88. The summed E-state index contributed by atoms with van der Waals surface area (Å²) in [6.07, 6.45) is 1.38. The number of hydrogen-bond acceptors (Lipinski definition) is 5. The fraction of sp³-hybridized carbons (Fsp3) is 0.250. The minimum Gasteiger partial charge on any atom is -0.434 e. The van der Waals surface area contributed by atoms with Crippen molar-refractivity contribution in [2.24, 2.45) is 0 Å². The van der Waals surface area contributed by atoms with E-state index in [1.807, 2.05) is 0 Å². The summed E-state index contributed by atoms with van der Waals surface area (Å²) in [4.78, 5) is 11.4. The molecule has 0 spiro atoms.